The second kappa shape index (κ2) is 8.60. The number of nitrogens with zero attached hydrogens (tertiary/aromatic N) is 3. The van der Waals surface area contributed by atoms with Gasteiger partial charge in [0.25, 0.3) is 0 Å². The van der Waals surface area contributed by atoms with Crippen LogP contribution in [0.2, 0.25) is 0 Å². The van der Waals surface area contributed by atoms with Gasteiger partial charge in [0.15, 0.2) is 0 Å². The van der Waals surface area contributed by atoms with Crippen LogP contribution < -0.4 is 5.73 Å². The quantitative estimate of drug-likeness (QED) is 0.771. The van der Waals surface area contributed by atoms with Crippen molar-refractivity contribution < 1.29 is 0 Å². The van der Waals surface area contributed by atoms with E-state index >= 15 is 0 Å². The fourth-order valence-corrected chi connectivity index (χ4v) is 2.52. The third-order valence-corrected chi connectivity index (χ3v) is 3.58. The largest absolute Gasteiger partial charge is 0.333 e. The molecule has 21 heavy (non-hydrogen) atoms. The molecular weight excluding hydrogens is 260 g/mol. The van der Waals surface area contributed by atoms with Crippen molar-refractivity contribution in [2.75, 3.05) is 13.1 Å². The van der Waals surface area contributed by atoms with Gasteiger partial charge in [-0.15, -0.1) is 0 Å². The summed E-state index contributed by atoms with van der Waals surface area (Å²) in [6.07, 6.45) is 6.07. The zero-order chi connectivity index (χ0) is 14.9. The van der Waals surface area contributed by atoms with Gasteiger partial charge in [-0.1, -0.05) is 37.3 Å². The molecule has 1 aromatic carbocycles. The Balaban J connectivity index is 2.03. The normalized spacial score (nSPS) is 11.2. The molecule has 0 unspecified atom stereocenters. The molecule has 4 heteroatoms. The average molecular weight is 286 g/mol. The van der Waals surface area contributed by atoms with Crippen LogP contribution in [0.15, 0.2) is 42.9 Å². The first-order chi connectivity index (χ1) is 10.3. The number of aromatic nitrogens is 2. The minimum Gasteiger partial charge on any atom is -0.333 e. The standard InChI is InChI=1S/C17H26N4/c1-2-10-21-15-19-12-17(21)14-20(11-6-9-18)13-16-7-4-3-5-8-16/h3-5,7-8,12,15H,2,6,9-11,13-14,18H2,1H3. The van der Waals surface area contributed by atoms with E-state index in [-0.39, 0.29) is 0 Å². The number of hydrogen-bond donors (Lipinski definition) is 1. The second-order valence-corrected chi connectivity index (χ2v) is 5.42. The van der Waals surface area contributed by atoms with Crippen molar-refractivity contribution in [1.82, 2.24) is 14.5 Å². The lowest BCUT2D eigenvalue weighted by Gasteiger charge is -2.22. The molecule has 4 nitrogen and oxygen atoms in total. The van der Waals surface area contributed by atoms with E-state index < -0.39 is 0 Å². The predicted octanol–water partition coefficient (Wildman–Crippen LogP) is 2.64. The molecule has 1 aromatic heterocycles. The fraction of sp³-hybridized carbons (Fsp3) is 0.471. The highest BCUT2D eigenvalue weighted by Crippen LogP contribution is 2.11. The van der Waals surface area contributed by atoms with E-state index in [1.54, 1.807) is 0 Å². The maximum absolute atomic E-state index is 5.68. The fourth-order valence-electron chi connectivity index (χ4n) is 2.52. The average Bonchev–Trinajstić information content (AvgIpc) is 2.93. The van der Waals surface area contributed by atoms with Gasteiger partial charge in [-0.05, 0) is 24.9 Å². The van der Waals surface area contributed by atoms with Crippen LogP contribution in [0.3, 0.4) is 0 Å². The van der Waals surface area contributed by atoms with Crippen LogP contribution in [0.4, 0.5) is 0 Å². The van der Waals surface area contributed by atoms with Gasteiger partial charge in [-0.2, -0.15) is 0 Å². The van der Waals surface area contributed by atoms with Crippen LogP contribution in [-0.4, -0.2) is 27.5 Å². The van der Waals surface area contributed by atoms with Crippen molar-refractivity contribution in [3.05, 3.63) is 54.1 Å². The van der Waals surface area contributed by atoms with Crippen LogP contribution in [0, 0.1) is 0 Å². The van der Waals surface area contributed by atoms with Crippen LogP contribution >= 0.6 is 0 Å². The Kier molecular flexibility index (Phi) is 6.44. The molecule has 0 aliphatic carbocycles. The first kappa shape index (κ1) is 15.7. The summed E-state index contributed by atoms with van der Waals surface area (Å²) in [6, 6.07) is 10.6. The Morgan fingerprint density at radius 2 is 2.00 bits per heavy atom. The summed E-state index contributed by atoms with van der Waals surface area (Å²) < 4.78 is 2.25. The van der Waals surface area contributed by atoms with Crippen molar-refractivity contribution in [2.24, 2.45) is 5.73 Å². The van der Waals surface area contributed by atoms with E-state index in [4.69, 9.17) is 5.73 Å². The number of imidazole rings is 1. The van der Waals surface area contributed by atoms with E-state index in [0.717, 1.165) is 45.6 Å². The summed E-state index contributed by atoms with van der Waals surface area (Å²) in [6.45, 7) is 6.86. The SMILES string of the molecule is CCCn1cncc1CN(CCCN)Cc1ccccc1. The molecule has 0 amide bonds. The number of hydrogen-bond acceptors (Lipinski definition) is 3. The van der Waals surface area contributed by atoms with Crippen LogP contribution in [0.5, 0.6) is 0 Å². The highest BCUT2D eigenvalue weighted by Gasteiger charge is 2.10. The molecule has 1 heterocycles. The summed E-state index contributed by atoms with van der Waals surface area (Å²) in [5.41, 5.74) is 8.30. The van der Waals surface area contributed by atoms with Crippen LogP contribution in [-0.2, 0) is 19.6 Å². The Bertz CT molecular complexity index is 507. The third-order valence-electron chi connectivity index (χ3n) is 3.58. The third kappa shape index (κ3) is 4.99. The summed E-state index contributed by atoms with van der Waals surface area (Å²) in [4.78, 5) is 6.74. The number of aryl methyl sites for hydroxylation is 1. The Morgan fingerprint density at radius 1 is 1.19 bits per heavy atom. The predicted molar refractivity (Wildman–Crippen MR) is 86.7 cm³/mol. The molecule has 0 saturated heterocycles. The molecule has 0 atom stereocenters. The van der Waals surface area contributed by atoms with Crippen LogP contribution in [0.25, 0.3) is 0 Å². The first-order valence-electron chi connectivity index (χ1n) is 7.78. The number of rotatable bonds is 9. The van der Waals surface area contributed by atoms with E-state index in [9.17, 15) is 0 Å². The molecule has 0 aliphatic rings. The Hall–Kier alpha value is -1.65. The highest BCUT2D eigenvalue weighted by atomic mass is 15.2. The molecule has 0 aliphatic heterocycles. The first-order valence-corrected chi connectivity index (χ1v) is 7.78. The molecule has 0 spiro atoms. The van der Waals surface area contributed by atoms with Crippen molar-refractivity contribution in [3.8, 4) is 0 Å². The van der Waals surface area contributed by atoms with Gasteiger partial charge in [0.2, 0.25) is 0 Å². The molecule has 2 N–H and O–H groups in total. The van der Waals surface area contributed by atoms with Gasteiger partial charge in [0.1, 0.15) is 0 Å². The molecule has 0 fully saturated rings. The van der Waals surface area contributed by atoms with Crippen molar-refractivity contribution in [2.45, 2.75) is 39.4 Å². The molecule has 2 aromatic rings. The van der Waals surface area contributed by atoms with E-state index in [1.165, 1.54) is 11.3 Å². The summed E-state index contributed by atoms with van der Waals surface area (Å²) in [5.74, 6) is 0. The van der Waals surface area contributed by atoms with Gasteiger partial charge in [0.05, 0.1) is 12.0 Å². The summed E-state index contributed by atoms with van der Waals surface area (Å²) >= 11 is 0. The molecule has 0 bridgehead atoms. The maximum Gasteiger partial charge on any atom is 0.0948 e. The van der Waals surface area contributed by atoms with Gasteiger partial charge < -0.3 is 10.3 Å². The zero-order valence-corrected chi connectivity index (χ0v) is 12.9. The van der Waals surface area contributed by atoms with Gasteiger partial charge in [-0.3, -0.25) is 4.90 Å². The number of benzene rings is 1. The molecule has 2 rings (SSSR count). The minimum absolute atomic E-state index is 0.736. The lowest BCUT2D eigenvalue weighted by Crippen LogP contribution is -2.26. The van der Waals surface area contributed by atoms with Gasteiger partial charge in [0, 0.05) is 32.4 Å². The second-order valence-electron chi connectivity index (χ2n) is 5.42. The van der Waals surface area contributed by atoms with Crippen molar-refractivity contribution in [1.29, 1.82) is 0 Å². The molecular formula is C17H26N4. The van der Waals surface area contributed by atoms with Crippen molar-refractivity contribution in [3.63, 3.8) is 0 Å². The smallest absolute Gasteiger partial charge is 0.0948 e. The van der Waals surface area contributed by atoms with E-state index in [1.807, 2.05) is 12.5 Å². The Morgan fingerprint density at radius 3 is 2.71 bits per heavy atom. The Labute approximate surface area is 127 Å². The van der Waals surface area contributed by atoms with Gasteiger partial charge in [-0.25, -0.2) is 4.98 Å². The lowest BCUT2D eigenvalue weighted by molar-refractivity contribution is 0.248. The minimum atomic E-state index is 0.736. The zero-order valence-electron chi connectivity index (χ0n) is 12.9. The number of nitrogens with two attached hydrogens (primary N) is 1. The summed E-state index contributed by atoms with van der Waals surface area (Å²) in [7, 11) is 0. The lowest BCUT2D eigenvalue weighted by atomic mass is 10.2. The molecule has 0 saturated carbocycles. The highest BCUT2D eigenvalue weighted by molar-refractivity contribution is 5.14. The molecule has 114 valence electrons. The molecule has 0 radical (unpaired) electrons. The van der Waals surface area contributed by atoms with E-state index in [0.29, 0.717) is 0 Å². The monoisotopic (exact) mass is 286 g/mol. The van der Waals surface area contributed by atoms with Crippen molar-refractivity contribution >= 4 is 0 Å². The van der Waals surface area contributed by atoms with E-state index in [2.05, 4.69) is 51.7 Å². The van der Waals surface area contributed by atoms with Gasteiger partial charge >= 0.3 is 0 Å². The van der Waals surface area contributed by atoms with Crippen LogP contribution in [0.1, 0.15) is 31.0 Å². The maximum atomic E-state index is 5.68. The topological polar surface area (TPSA) is 47.1 Å². The summed E-state index contributed by atoms with van der Waals surface area (Å²) in [5, 5.41) is 0.